The quantitative estimate of drug-likeness (QED) is 0.420. The van der Waals surface area contributed by atoms with Crippen LogP contribution in [0.3, 0.4) is 0 Å². The molecule has 1 aliphatic carbocycles. The van der Waals surface area contributed by atoms with Crippen molar-refractivity contribution in [3.63, 3.8) is 0 Å². The average molecular weight is 557 g/mol. The largest absolute Gasteiger partial charge is 0.350 e. The number of rotatable bonds is 10. The second-order valence-electron chi connectivity index (χ2n) is 12.5. The number of aryl methyl sites for hydroxylation is 1. The molecule has 3 aliphatic rings. The Morgan fingerprint density at radius 3 is 2.63 bits per heavy atom. The van der Waals surface area contributed by atoms with Crippen molar-refractivity contribution < 1.29 is 9.59 Å². The van der Waals surface area contributed by atoms with Crippen LogP contribution in [0, 0.1) is 5.92 Å². The van der Waals surface area contributed by atoms with Crippen LogP contribution in [0.1, 0.15) is 85.3 Å². The number of carbonyl (C=O) groups excluding carboxylic acids is 2. The van der Waals surface area contributed by atoms with Crippen molar-refractivity contribution in [2.24, 2.45) is 5.92 Å². The zero-order valence-corrected chi connectivity index (χ0v) is 25.0. The SMILES string of the molecule is CC(C)[C@@H](CN1CC[C@@H](CNC(=O)c2ccc3c(c2)C=CCC3)N[C@@H](CCN2CCCCC2)C1=O)c1ccccc1. The monoisotopic (exact) mass is 556 g/mol. The van der Waals surface area contributed by atoms with E-state index in [1.807, 2.05) is 12.1 Å². The van der Waals surface area contributed by atoms with Crippen LogP contribution in [0.4, 0.5) is 0 Å². The molecule has 6 nitrogen and oxygen atoms in total. The van der Waals surface area contributed by atoms with Gasteiger partial charge in [-0.2, -0.15) is 0 Å². The van der Waals surface area contributed by atoms with Crippen LogP contribution in [-0.2, 0) is 11.2 Å². The van der Waals surface area contributed by atoms with Crippen molar-refractivity contribution >= 4 is 17.9 Å². The molecule has 2 N–H and O–H groups in total. The van der Waals surface area contributed by atoms with Crippen LogP contribution in [0.5, 0.6) is 0 Å². The fourth-order valence-corrected chi connectivity index (χ4v) is 6.65. The lowest BCUT2D eigenvalue weighted by atomic mass is 9.87. The number of hydrogen-bond donors (Lipinski definition) is 2. The molecular weight excluding hydrogens is 508 g/mol. The van der Waals surface area contributed by atoms with Gasteiger partial charge in [-0.05, 0) is 86.4 Å². The lowest BCUT2D eigenvalue weighted by Gasteiger charge is -2.32. The van der Waals surface area contributed by atoms with Gasteiger partial charge < -0.3 is 20.4 Å². The lowest BCUT2D eigenvalue weighted by Crippen LogP contribution is -2.50. The molecule has 0 radical (unpaired) electrons. The molecule has 220 valence electrons. The molecule has 6 heteroatoms. The van der Waals surface area contributed by atoms with Gasteiger partial charge in [0.15, 0.2) is 0 Å². The van der Waals surface area contributed by atoms with Crippen molar-refractivity contribution in [2.75, 3.05) is 39.3 Å². The van der Waals surface area contributed by atoms with Gasteiger partial charge in [0, 0.05) is 43.7 Å². The number of nitrogens with zero attached hydrogens (tertiary/aromatic N) is 2. The van der Waals surface area contributed by atoms with Crippen LogP contribution in [0.2, 0.25) is 0 Å². The number of nitrogens with one attached hydrogen (secondary N) is 2. The summed E-state index contributed by atoms with van der Waals surface area (Å²) in [6, 6.07) is 16.5. The first-order chi connectivity index (χ1) is 20.0. The highest BCUT2D eigenvalue weighted by molar-refractivity contribution is 5.95. The standard InChI is InChI=1S/C35H48N4O2/c1-26(2)32(28-12-5-3-6-13-28)25-39-22-17-31(37-33(35(39)41)18-21-38-19-9-4-10-20-38)24-36-34(40)30-16-15-27-11-7-8-14-29(27)23-30/h3,5-6,8,12-16,23,26,31-33,37H,4,7,9-11,17-22,24-25H2,1-2H3,(H,36,40)/t31-,32+,33-/m0/s1. The molecule has 0 aromatic heterocycles. The van der Waals surface area contributed by atoms with Gasteiger partial charge in [0.2, 0.25) is 5.91 Å². The fourth-order valence-electron chi connectivity index (χ4n) is 6.65. The highest BCUT2D eigenvalue weighted by atomic mass is 16.2. The Labute approximate surface area is 246 Å². The highest BCUT2D eigenvalue weighted by Crippen LogP contribution is 2.27. The Bertz CT molecular complexity index is 1190. The van der Waals surface area contributed by atoms with E-state index in [1.165, 1.54) is 30.4 Å². The van der Waals surface area contributed by atoms with Gasteiger partial charge in [0.25, 0.3) is 5.91 Å². The maximum absolute atomic E-state index is 14.0. The summed E-state index contributed by atoms with van der Waals surface area (Å²) in [6.07, 6.45) is 11.8. The van der Waals surface area contributed by atoms with Gasteiger partial charge in [-0.1, -0.05) is 68.8 Å². The van der Waals surface area contributed by atoms with Gasteiger partial charge >= 0.3 is 0 Å². The van der Waals surface area contributed by atoms with E-state index < -0.39 is 0 Å². The molecule has 2 aromatic carbocycles. The van der Waals surface area contributed by atoms with Gasteiger partial charge in [-0.15, -0.1) is 0 Å². The van der Waals surface area contributed by atoms with Crippen molar-refractivity contribution in [1.82, 2.24) is 20.4 Å². The number of allylic oxidation sites excluding steroid dienone is 1. The number of carbonyl (C=O) groups is 2. The Balaban J connectivity index is 1.26. The molecular formula is C35H48N4O2. The van der Waals surface area contributed by atoms with Crippen LogP contribution in [-0.4, -0.2) is 73.0 Å². The summed E-state index contributed by atoms with van der Waals surface area (Å²) in [5, 5.41) is 6.87. The van der Waals surface area contributed by atoms with E-state index >= 15 is 0 Å². The van der Waals surface area contributed by atoms with E-state index in [-0.39, 0.29) is 29.8 Å². The van der Waals surface area contributed by atoms with Gasteiger partial charge in [0.05, 0.1) is 6.04 Å². The number of fused-ring (bicyclic) bond motifs is 1. The Hall–Kier alpha value is -2.96. The first-order valence-corrected chi connectivity index (χ1v) is 15.9. The Morgan fingerprint density at radius 1 is 1.05 bits per heavy atom. The van der Waals surface area contributed by atoms with Crippen molar-refractivity contribution in [3.8, 4) is 0 Å². The predicted molar refractivity (Wildman–Crippen MR) is 167 cm³/mol. The summed E-state index contributed by atoms with van der Waals surface area (Å²) in [5.41, 5.74) is 4.44. The molecule has 2 aromatic rings. The first-order valence-electron chi connectivity index (χ1n) is 15.9. The number of piperidine rings is 1. The number of amides is 2. The summed E-state index contributed by atoms with van der Waals surface area (Å²) in [6.45, 7) is 9.63. The maximum Gasteiger partial charge on any atom is 0.251 e. The van der Waals surface area contributed by atoms with Crippen molar-refractivity contribution in [1.29, 1.82) is 0 Å². The third-order valence-corrected chi connectivity index (χ3v) is 9.22. The molecule has 0 spiro atoms. The zero-order valence-electron chi connectivity index (χ0n) is 25.0. The molecule has 2 aliphatic heterocycles. The summed E-state index contributed by atoms with van der Waals surface area (Å²) >= 11 is 0. The highest BCUT2D eigenvalue weighted by Gasteiger charge is 2.33. The average Bonchev–Trinajstić information content (AvgIpc) is 3.16. The fraction of sp³-hybridized carbons (Fsp3) is 0.543. The minimum atomic E-state index is -0.237. The normalized spacial score (nSPS) is 22.3. The molecule has 2 amide bonds. The van der Waals surface area contributed by atoms with E-state index in [9.17, 15) is 9.59 Å². The van der Waals surface area contributed by atoms with E-state index in [0.29, 0.717) is 24.6 Å². The molecule has 0 bridgehead atoms. The van der Waals surface area contributed by atoms with Crippen LogP contribution in [0.15, 0.2) is 54.6 Å². The minimum absolute atomic E-state index is 0.0465. The summed E-state index contributed by atoms with van der Waals surface area (Å²) < 4.78 is 0. The zero-order chi connectivity index (χ0) is 28.6. The summed E-state index contributed by atoms with van der Waals surface area (Å²) in [4.78, 5) is 31.7. The summed E-state index contributed by atoms with van der Waals surface area (Å²) in [5.74, 6) is 0.876. The minimum Gasteiger partial charge on any atom is -0.350 e. The van der Waals surface area contributed by atoms with Crippen molar-refractivity contribution in [2.45, 2.75) is 76.8 Å². The molecule has 41 heavy (non-hydrogen) atoms. The van der Waals surface area contributed by atoms with Gasteiger partial charge in [-0.25, -0.2) is 0 Å². The smallest absolute Gasteiger partial charge is 0.251 e. The van der Waals surface area contributed by atoms with Crippen LogP contribution >= 0.6 is 0 Å². The van der Waals surface area contributed by atoms with E-state index in [1.54, 1.807) is 0 Å². The van der Waals surface area contributed by atoms with E-state index in [0.717, 1.165) is 57.4 Å². The molecule has 0 unspecified atom stereocenters. The maximum atomic E-state index is 14.0. The third kappa shape index (κ3) is 7.87. The van der Waals surface area contributed by atoms with Gasteiger partial charge in [-0.3, -0.25) is 9.59 Å². The van der Waals surface area contributed by atoms with Crippen molar-refractivity contribution in [3.05, 3.63) is 76.9 Å². The lowest BCUT2D eigenvalue weighted by molar-refractivity contribution is -0.133. The molecule has 2 fully saturated rings. The van der Waals surface area contributed by atoms with Crippen LogP contribution < -0.4 is 10.6 Å². The summed E-state index contributed by atoms with van der Waals surface area (Å²) in [7, 11) is 0. The second-order valence-corrected chi connectivity index (χ2v) is 12.5. The Morgan fingerprint density at radius 2 is 1.85 bits per heavy atom. The third-order valence-electron chi connectivity index (χ3n) is 9.22. The van der Waals surface area contributed by atoms with E-state index in [2.05, 4.69) is 82.8 Å². The van der Waals surface area contributed by atoms with E-state index in [4.69, 9.17) is 0 Å². The molecule has 5 rings (SSSR count). The first kappa shape index (κ1) is 29.5. The van der Waals surface area contributed by atoms with Gasteiger partial charge in [0.1, 0.15) is 0 Å². The second kappa shape index (κ2) is 14.3. The number of likely N-dealkylation sites (tertiary alicyclic amines) is 1. The molecule has 2 saturated heterocycles. The number of benzene rings is 2. The molecule has 2 heterocycles. The Kier molecular flexibility index (Phi) is 10.3. The molecule has 3 atom stereocenters. The molecule has 0 saturated carbocycles. The topological polar surface area (TPSA) is 64.7 Å². The van der Waals surface area contributed by atoms with Crippen LogP contribution in [0.25, 0.3) is 6.08 Å². The predicted octanol–water partition coefficient (Wildman–Crippen LogP) is 5.25. The number of hydrogen-bond acceptors (Lipinski definition) is 4.